The number of aromatic nitrogens is 2. The molecule has 0 radical (unpaired) electrons. The monoisotopic (exact) mass is 272 g/mol. The molecular formula is C10H6Cl2N2O3. The van der Waals surface area contributed by atoms with E-state index in [0.29, 0.717) is 15.7 Å². The second-order valence-corrected chi connectivity index (χ2v) is 4.13. The maximum atomic E-state index is 11.7. The SMILES string of the molecule is O=C(O)c1c[nH]n(-c2cc(Cl)cc(Cl)c2)c1=O. The summed E-state index contributed by atoms with van der Waals surface area (Å²) in [5.41, 5.74) is -0.642. The van der Waals surface area contributed by atoms with E-state index in [4.69, 9.17) is 28.3 Å². The molecule has 2 aromatic rings. The van der Waals surface area contributed by atoms with Gasteiger partial charge in [0.1, 0.15) is 5.56 Å². The van der Waals surface area contributed by atoms with Crippen LogP contribution in [0.1, 0.15) is 10.4 Å². The summed E-state index contributed by atoms with van der Waals surface area (Å²) in [6, 6.07) is 4.51. The highest BCUT2D eigenvalue weighted by Crippen LogP contribution is 2.20. The third-order valence-corrected chi connectivity index (χ3v) is 2.54. The topological polar surface area (TPSA) is 75.1 Å². The molecule has 1 heterocycles. The number of carboxylic acids is 1. The lowest BCUT2D eigenvalue weighted by molar-refractivity contribution is 0.0695. The zero-order valence-electron chi connectivity index (χ0n) is 8.28. The quantitative estimate of drug-likeness (QED) is 0.880. The zero-order valence-corrected chi connectivity index (χ0v) is 9.79. The molecule has 7 heteroatoms. The number of halogens is 2. The molecule has 0 aliphatic rings. The fourth-order valence-corrected chi connectivity index (χ4v) is 1.90. The molecule has 1 aromatic carbocycles. The van der Waals surface area contributed by atoms with Gasteiger partial charge in [0.05, 0.1) is 5.69 Å². The molecule has 2 N–H and O–H groups in total. The van der Waals surface area contributed by atoms with Crippen LogP contribution in [0, 0.1) is 0 Å². The molecule has 0 spiro atoms. The molecule has 2 rings (SSSR count). The van der Waals surface area contributed by atoms with E-state index in [1.54, 1.807) is 0 Å². The molecular weight excluding hydrogens is 267 g/mol. The standard InChI is InChI=1S/C10H6Cl2N2O3/c11-5-1-6(12)3-7(2-5)14-9(15)8(4-13-14)10(16)17/h1-4,13H,(H,16,17). The fraction of sp³-hybridized carbons (Fsp3) is 0. The molecule has 0 fully saturated rings. The number of rotatable bonds is 2. The highest BCUT2D eigenvalue weighted by molar-refractivity contribution is 6.34. The first kappa shape index (κ1) is 11.8. The van der Waals surface area contributed by atoms with Gasteiger partial charge in [-0.15, -0.1) is 0 Å². The molecule has 0 unspecified atom stereocenters. The molecule has 0 bridgehead atoms. The van der Waals surface area contributed by atoms with E-state index in [0.717, 1.165) is 10.9 Å². The van der Waals surface area contributed by atoms with Gasteiger partial charge >= 0.3 is 5.97 Å². The van der Waals surface area contributed by atoms with Crippen LogP contribution in [0.15, 0.2) is 29.2 Å². The van der Waals surface area contributed by atoms with Crippen LogP contribution in [-0.4, -0.2) is 20.9 Å². The number of nitrogens with zero attached hydrogens (tertiary/aromatic N) is 1. The molecule has 0 aliphatic carbocycles. The molecule has 0 aliphatic heterocycles. The summed E-state index contributed by atoms with van der Waals surface area (Å²) in [7, 11) is 0. The Morgan fingerprint density at radius 3 is 2.29 bits per heavy atom. The number of hydrogen-bond acceptors (Lipinski definition) is 2. The van der Waals surface area contributed by atoms with Crippen molar-refractivity contribution in [1.82, 2.24) is 9.78 Å². The highest BCUT2D eigenvalue weighted by atomic mass is 35.5. The van der Waals surface area contributed by atoms with Crippen LogP contribution in [0.4, 0.5) is 0 Å². The maximum absolute atomic E-state index is 11.7. The van der Waals surface area contributed by atoms with Gasteiger partial charge in [0.15, 0.2) is 0 Å². The Kier molecular flexibility index (Phi) is 2.95. The van der Waals surface area contributed by atoms with Crippen LogP contribution in [0.5, 0.6) is 0 Å². The van der Waals surface area contributed by atoms with Crippen LogP contribution in [0.2, 0.25) is 10.0 Å². The van der Waals surface area contributed by atoms with Crippen molar-refractivity contribution in [2.75, 3.05) is 0 Å². The summed E-state index contributed by atoms with van der Waals surface area (Å²) in [5, 5.41) is 12.0. The second kappa shape index (κ2) is 4.27. The Balaban J connectivity index is 2.61. The van der Waals surface area contributed by atoms with Crippen LogP contribution in [-0.2, 0) is 0 Å². The summed E-state index contributed by atoms with van der Waals surface area (Å²) in [5.74, 6) is -1.29. The minimum Gasteiger partial charge on any atom is -0.477 e. The van der Waals surface area contributed by atoms with Crippen LogP contribution < -0.4 is 5.56 Å². The first-order valence-corrected chi connectivity index (χ1v) is 5.25. The van der Waals surface area contributed by atoms with E-state index in [2.05, 4.69) is 5.10 Å². The Labute approximate surface area is 105 Å². The van der Waals surface area contributed by atoms with E-state index in [1.165, 1.54) is 18.2 Å². The van der Waals surface area contributed by atoms with E-state index < -0.39 is 11.5 Å². The Morgan fingerprint density at radius 1 is 1.24 bits per heavy atom. The lowest BCUT2D eigenvalue weighted by Gasteiger charge is -2.02. The van der Waals surface area contributed by atoms with Gasteiger partial charge in [0, 0.05) is 16.2 Å². The van der Waals surface area contributed by atoms with E-state index in [-0.39, 0.29) is 5.56 Å². The van der Waals surface area contributed by atoms with Gasteiger partial charge in [-0.05, 0) is 18.2 Å². The third-order valence-electron chi connectivity index (χ3n) is 2.11. The van der Waals surface area contributed by atoms with Gasteiger partial charge < -0.3 is 5.11 Å². The molecule has 17 heavy (non-hydrogen) atoms. The summed E-state index contributed by atoms with van der Waals surface area (Å²) < 4.78 is 1.06. The highest BCUT2D eigenvalue weighted by Gasteiger charge is 2.14. The number of benzene rings is 1. The van der Waals surface area contributed by atoms with Crippen molar-refractivity contribution < 1.29 is 9.90 Å². The molecule has 0 amide bonds. The molecule has 1 aromatic heterocycles. The van der Waals surface area contributed by atoms with Gasteiger partial charge in [-0.1, -0.05) is 23.2 Å². The van der Waals surface area contributed by atoms with Gasteiger partial charge in [0.2, 0.25) is 0 Å². The van der Waals surface area contributed by atoms with E-state index >= 15 is 0 Å². The van der Waals surface area contributed by atoms with Crippen molar-refractivity contribution in [2.45, 2.75) is 0 Å². The zero-order chi connectivity index (χ0) is 12.6. The predicted octanol–water partition coefficient (Wildman–Crippen LogP) is 2.17. The number of aromatic amines is 1. The number of aromatic carboxylic acids is 1. The van der Waals surface area contributed by atoms with Gasteiger partial charge in [0.25, 0.3) is 5.56 Å². The van der Waals surface area contributed by atoms with Crippen LogP contribution in [0.25, 0.3) is 5.69 Å². The Morgan fingerprint density at radius 2 is 1.82 bits per heavy atom. The average molecular weight is 273 g/mol. The van der Waals surface area contributed by atoms with E-state index in [9.17, 15) is 9.59 Å². The Hall–Kier alpha value is -1.72. The van der Waals surface area contributed by atoms with Crippen LogP contribution in [0.3, 0.4) is 0 Å². The summed E-state index contributed by atoms with van der Waals surface area (Å²) in [6.45, 7) is 0. The molecule has 88 valence electrons. The molecule has 0 atom stereocenters. The minimum absolute atomic E-state index is 0.346. The van der Waals surface area contributed by atoms with Crippen molar-refractivity contribution in [3.05, 3.63) is 50.4 Å². The fourth-order valence-electron chi connectivity index (χ4n) is 1.38. The van der Waals surface area contributed by atoms with E-state index in [1.807, 2.05) is 0 Å². The van der Waals surface area contributed by atoms with Crippen molar-refractivity contribution in [3.8, 4) is 5.69 Å². The first-order valence-electron chi connectivity index (χ1n) is 4.49. The summed E-state index contributed by atoms with van der Waals surface area (Å²) in [6.07, 6.45) is 1.11. The van der Waals surface area contributed by atoms with Crippen LogP contribution >= 0.6 is 23.2 Å². The lowest BCUT2D eigenvalue weighted by atomic mass is 10.3. The molecule has 0 saturated carbocycles. The van der Waals surface area contributed by atoms with Crippen molar-refractivity contribution in [3.63, 3.8) is 0 Å². The number of hydrogen-bond donors (Lipinski definition) is 2. The van der Waals surface area contributed by atoms with Gasteiger partial charge in [-0.3, -0.25) is 9.89 Å². The average Bonchev–Trinajstić information content (AvgIpc) is 2.58. The number of carboxylic acid groups (broad SMARTS) is 1. The number of carbonyl (C=O) groups is 1. The smallest absolute Gasteiger partial charge is 0.342 e. The van der Waals surface area contributed by atoms with Gasteiger partial charge in [-0.2, -0.15) is 0 Å². The molecule has 5 nitrogen and oxygen atoms in total. The summed E-state index contributed by atoms with van der Waals surface area (Å²) >= 11 is 11.6. The van der Waals surface area contributed by atoms with Crippen molar-refractivity contribution in [2.24, 2.45) is 0 Å². The predicted molar refractivity (Wildman–Crippen MR) is 63.4 cm³/mol. The van der Waals surface area contributed by atoms with Gasteiger partial charge in [-0.25, -0.2) is 9.48 Å². The normalized spacial score (nSPS) is 10.5. The lowest BCUT2D eigenvalue weighted by Crippen LogP contribution is -2.19. The minimum atomic E-state index is -1.29. The number of H-pyrrole nitrogens is 1. The Bertz CT molecular complexity index is 625. The second-order valence-electron chi connectivity index (χ2n) is 3.26. The maximum Gasteiger partial charge on any atom is 0.342 e. The third kappa shape index (κ3) is 2.20. The summed E-state index contributed by atoms with van der Waals surface area (Å²) in [4.78, 5) is 22.4. The first-order chi connectivity index (χ1) is 7.99. The van der Waals surface area contributed by atoms with Crippen molar-refractivity contribution >= 4 is 29.2 Å². The van der Waals surface area contributed by atoms with Crippen molar-refractivity contribution in [1.29, 1.82) is 0 Å². The molecule has 0 saturated heterocycles. The largest absolute Gasteiger partial charge is 0.477 e. The number of nitrogens with one attached hydrogen (secondary N) is 1.